The Labute approximate surface area is 109 Å². The van der Waals surface area contributed by atoms with Gasteiger partial charge in [0.15, 0.2) is 0 Å². The molecule has 7 heteroatoms. The molecule has 2 rings (SSSR count). The number of thiol groups is 1. The van der Waals surface area contributed by atoms with Gasteiger partial charge in [-0.3, -0.25) is 10.1 Å². The molecule has 96 valence electrons. The lowest BCUT2D eigenvalue weighted by atomic mass is 10.2. The van der Waals surface area contributed by atoms with Crippen molar-refractivity contribution in [1.82, 2.24) is 4.90 Å². The highest BCUT2D eigenvalue weighted by Crippen LogP contribution is 2.16. The van der Waals surface area contributed by atoms with Crippen molar-refractivity contribution in [1.29, 1.82) is 0 Å². The number of nitro benzene ring substituents is 1. The number of rotatable bonds is 3. The van der Waals surface area contributed by atoms with Gasteiger partial charge in [-0.25, -0.2) is 4.79 Å². The van der Waals surface area contributed by atoms with Gasteiger partial charge in [-0.15, -0.1) is 0 Å². The van der Waals surface area contributed by atoms with E-state index in [1.165, 1.54) is 12.1 Å². The summed E-state index contributed by atoms with van der Waals surface area (Å²) in [7, 11) is 0. The SMILES string of the molecule is O=C(OCc1ccc([N+](=O)[O-])cc1)N1CC(S)C1. The molecular formula is C11H12N2O4S. The maximum atomic E-state index is 11.5. The second kappa shape index (κ2) is 5.26. The van der Waals surface area contributed by atoms with Crippen molar-refractivity contribution in [2.45, 2.75) is 11.9 Å². The van der Waals surface area contributed by atoms with Crippen molar-refractivity contribution in [3.63, 3.8) is 0 Å². The van der Waals surface area contributed by atoms with Gasteiger partial charge in [-0.05, 0) is 17.7 Å². The Balaban J connectivity index is 1.83. The van der Waals surface area contributed by atoms with Crippen LogP contribution in [0.25, 0.3) is 0 Å². The van der Waals surface area contributed by atoms with E-state index in [1.54, 1.807) is 17.0 Å². The maximum absolute atomic E-state index is 11.5. The number of hydrogen-bond donors (Lipinski definition) is 1. The van der Waals surface area contributed by atoms with Crippen LogP contribution in [0, 0.1) is 10.1 Å². The summed E-state index contributed by atoms with van der Waals surface area (Å²) in [6, 6.07) is 5.92. The van der Waals surface area contributed by atoms with Gasteiger partial charge < -0.3 is 9.64 Å². The van der Waals surface area contributed by atoms with Crippen molar-refractivity contribution >= 4 is 24.4 Å². The van der Waals surface area contributed by atoms with E-state index in [0.29, 0.717) is 13.1 Å². The Kier molecular flexibility index (Phi) is 3.71. The third-order valence-corrected chi connectivity index (χ3v) is 2.96. The first-order valence-electron chi connectivity index (χ1n) is 5.39. The molecular weight excluding hydrogens is 256 g/mol. The predicted octanol–water partition coefficient (Wildman–Crippen LogP) is 1.85. The fourth-order valence-corrected chi connectivity index (χ4v) is 1.95. The molecule has 1 aromatic carbocycles. The number of nitro groups is 1. The lowest BCUT2D eigenvalue weighted by Gasteiger charge is -2.35. The lowest BCUT2D eigenvalue weighted by Crippen LogP contribution is -2.51. The second-order valence-corrected chi connectivity index (χ2v) is 4.77. The van der Waals surface area contributed by atoms with E-state index in [2.05, 4.69) is 12.6 Å². The summed E-state index contributed by atoms with van der Waals surface area (Å²) in [6.07, 6.45) is -0.376. The van der Waals surface area contributed by atoms with Gasteiger partial charge in [-0.2, -0.15) is 12.6 Å². The first-order valence-corrected chi connectivity index (χ1v) is 5.91. The molecule has 0 aromatic heterocycles. The molecule has 0 radical (unpaired) electrons. The van der Waals surface area contributed by atoms with Gasteiger partial charge in [0.05, 0.1) is 4.92 Å². The third kappa shape index (κ3) is 2.92. The van der Waals surface area contributed by atoms with Crippen LogP contribution >= 0.6 is 12.6 Å². The zero-order valence-electron chi connectivity index (χ0n) is 9.48. The summed E-state index contributed by atoms with van der Waals surface area (Å²) < 4.78 is 5.06. The van der Waals surface area contributed by atoms with Gasteiger partial charge in [0.1, 0.15) is 6.61 Å². The first-order chi connectivity index (χ1) is 8.56. The third-order valence-electron chi connectivity index (χ3n) is 2.63. The lowest BCUT2D eigenvalue weighted by molar-refractivity contribution is -0.384. The van der Waals surface area contributed by atoms with Crippen molar-refractivity contribution < 1.29 is 14.5 Å². The highest BCUT2D eigenvalue weighted by molar-refractivity contribution is 7.81. The van der Waals surface area contributed by atoms with Gasteiger partial charge in [0, 0.05) is 30.5 Å². The molecule has 0 atom stereocenters. The molecule has 1 saturated heterocycles. The van der Waals surface area contributed by atoms with Crippen molar-refractivity contribution in [2.24, 2.45) is 0 Å². The number of hydrogen-bond acceptors (Lipinski definition) is 5. The van der Waals surface area contributed by atoms with Gasteiger partial charge >= 0.3 is 6.09 Å². The fourth-order valence-electron chi connectivity index (χ4n) is 1.55. The van der Waals surface area contributed by atoms with Crippen molar-refractivity contribution in [3.05, 3.63) is 39.9 Å². The summed E-state index contributed by atoms with van der Waals surface area (Å²) in [4.78, 5) is 23.0. The Bertz CT molecular complexity index is 457. The van der Waals surface area contributed by atoms with Crippen LogP contribution in [0.3, 0.4) is 0 Å². The molecule has 0 aliphatic carbocycles. The molecule has 1 fully saturated rings. The minimum Gasteiger partial charge on any atom is -0.445 e. The van der Waals surface area contributed by atoms with Crippen LogP contribution in [0.2, 0.25) is 0 Å². The normalized spacial score (nSPS) is 15.1. The van der Waals surface area contributed by atoms with Crippen molar-refractivity contribution in [3.8, 4) is 0 Å². The van der Waals surface area contributed by atoms with Gasteiger partial charge in [-0.1, -0.05) is 0 Å². The monoisotopic (exact) mass is 268 g/mol. The smallest absolute Gasteiger partial charge is 0.410 e. The summed E-state index contributed by atoms with van der Waals surface area (Å²) in [5.41, 5.74) is 0.739. The standard InChI is InChI=1S/C11H12N2O4S/c14-11(12-5-10(18)6-12)17-7-8-1-3-9(4-2-8)13(15)16/h1-4,10,18H,5-7H2. The second-order valence-electron chi connectivity index (χ2n) is 4.04. The molecule has 1 aromatic rings. The number of non-ortho nitro benzene ring substituents is 1. The molecule has 0 saturated carbocycles. The number of amides is 1. The van der Waals surface area contributed by atoms with Crippen LogP contribution in [0.5, 0.6) is 0 Å². The molecule has 0 N–H and O–H groups in total. The molecule has 0 bridgehead atoms. The number of likely N-dealkylation sites (tertiary alicyclic amines) is 1. The maximum Gasteiger partial charge on any atom is 0.410 e. The molecule has 0 unspecified atom stereocenters. The number of carbonyl (C=O) groups is 1. The van der Waals surface area contributed by atoms with Gasteiger partial charge in [0.25, 0.3) is 5.69 Å². The molecule has 6 nitrogen and oxygen atoms in total. The Hall–Kier alpha value is -1.76. The van der Waals surface area contributed by atoms with E-state index in [4.69, 9.17) is 4.74 Å². The summed E-state index contributed by atoms with van der Waals surface area (Å²) >= 11 is 4.19. The minimum absolute atomic E-state index is 0.0192. The van der Waals surface area contributed by atoms with E-state index in [1.807, 2.05) is 0 Å². The van der Waals surface area contributed by atoms with Crippen LogP contribution in [0.15, 0.2) is 24.3 Å². The van der Waals surface area contributed by atoms with Crippen LogP contribution in [0.1, 0.15) is 5.56 Å². The molecule has 1 amide bonds. The topological polar surface area (TPSA) is 72.7 Å². The highest BCUT2D eigenvalue weighted by atomic mass is 32.1. The van der Waals surface area contributed by atoms with E-state index < -0.39 is 4.92 Å². The first kappa shape index (κ1) is 12.7. The Morgan fingerprint density at radius 2 is 2.06 bits per heavy atom. The molecule has 0 spiro atoms. The zero-order chi connectivity index (χ0) is 13.1. The average molecular weight is 268 g/mol. The van der Waals surface area contributed by atoms with E-state index in [0.717, 1.165) is 5.56 Å². The Morgan fingerprint density at radius 3 is 2.56 bits per heavy atom. The fraction of sp³-hybridized carbons (Fsp3) is 0.364. The van der Waals surface area contributed by atoms with Gasteiger partial charge in [0.2, 0.25) is 0 Å². The average Bonchev–Trinajstić information content (AvgIpc) is 2.32. The number of carbonyl (C=O) groups excluding carboxylic acids is 1. The quantitative estimate of drug-likeness (QED) is 0.516. The number of benzene rings is 1. The van der Waals surface area contributed by atoms with Crippen LogP contribution < -0.4 is 0 Å². The molecule has 1 heterocycles. The molecule has 1 aliphatic heterocycles. The van der Waals surface area contributed by atoms with Crippen LogP contribution in [0.4, 0.5) is 10.5 Å². The zero-order valence-corrected chi connectivity index (χ0v) is 10.4. The van der Waals surface area contributed by atoms with Crippen LogP contribution in [-0.4, -0.2) is 34.3 Å². The van der Waals surface area contributed by atoms with E-state index in [9.17, 15) is 14.9 Å². The van der Waals surface area contributed by atoms with Crippen molar-refractivity contribution in [2.75, 3.05) is 13.1 Å². The summed E-state index contributed by atoms with van der Waals surface area (Å²) in [5.74, 6) is 0. The summed E-state index contributed by atoms with van der Waals surface area (Å²) in [6.45, 7) is 1.31. The largest absolute Gasteiger partial charge is 0.445 e. The number of ether oxygens (including phenoxy) is 1. The van der Waals surface area contributed by atoms with E-state index in [-0.39, 0.29) is 23.6 Å². The van der Waals surface area contributed by atoms with E-state index >= 15 is 0 Å². The highest BCUT2D eigenvalue weighted by Gasteiger charge is 2.28. The summed E-state index contributed by atoms with van der Waals surface area (Å²) in [5, 5.41) is 10.7. The molecule has 18 heavy (non-hydrogen) atoms. The predicted molar refractivity (Wildman–Crippen MR) is 67.6 cm³/mol. The Morgan fingerprint density at radius 1 is 1.44 bits per heavy atom. The van der Waals surface area contributed by atoms with Crippen LogP contribution in [-0.2, 0) is 11.3 Å². The molecule has 1 aliphatic rings. The minimum atomic E-state index is -0.470. The number of nitrogens with zero attached hydrogens (tertiary/aromatic N) is 2.